The first kappa shape index (κ1) is 24.0. The maximum atomic E-state index is 13.6. The summed E-state index contributed by atoms with van der Waals surface area (Å²) in [5.74, 6) is 0.559. The van der Waals surface area contributed by atoms with Gasteiger partial charge in [-0.05, 0) is 47.8 Å². The molecule has 0 radical (unpaired) electrons. The van der Waals surface area contributed by atoms with Crippen LogP contribution in [0.5, 0.6) is 11.5 Å². The number of sulfonamides is 1. The van der Waals surface area contributed by atoms with Gasteiger partial charge in [0, 0.05) is 35.0 Å². The predicted octanol–water partition coefficient (Wildman–Crippen LogP) is 3.54. The molecule has 0 unspecified atom stereocenters. The number of pyridine rings is 1. The molecule has 1 N–H and O–H groups in total. The van der Waals surface area contributed by atoms with Gasteiger partial charge in [-0.15, -0.1) is 11.3 Å². The molecule has 9 nitrogen and oxygen atoms in total. The molecule has 36 heavy (non-hydrogen) atoms. The minimum Gasteiger partial charge on any atom is -0.486 e. The van der Waals surface area contributed by atoms with Crippen molar-refractivity contribution in [2.24, 2.45) is 0 Å². The first-order valence-electron chi connectivity index (χ1n) is 11.0. The van der Waals surface area contributed by atoms with E-state index in [0.29, 0.717) is 35.6 Å². The van der Waals surface area contributed by atoms with Gasteiger partial charge in [-0.2, -0.15) is 4.31 Å². The van der Waals surface area contributed by atoms with Crippen molar-refractivity contribution in [1.29, 1.82) is 0 Å². The second-order valence-electron chi connectivity index (χ2n) is 8.08. The van der Waals surface area contributed by atoms with Gasteiger partial charge >= 0.3 is 5.97 Å². The Kier molecular flexibility index (Phi) is 6.52. The zero-order valence-electron chi connectivity index (χ0n) is 19.2. The Hall–Kier alpha value is -3.67. The Morgan fingerprint density at radius 3 is 2.44 bits per heavy atom. The number of aromatic amines is 1. The largest absolute Gasteiger partial charge is 0.486 e. The van der Waals surface area contributed by atoms with Gasteiger partial charge in [0.1, 0.15) is 13.2 Å². The van der Waals surface area contributed by atoms with Crippen LogP contribution in [0.25, 0.3) is 10.9 Å². The number of benzene rings is 2. The number of rotatable bonds is 7. The van der Waals surface area contributed by atoms with Crippen molar-refractivity contribution in [2.45, 2.75) is 18.0 Å². The molecular formula is C25H22N2O7S2. The lowest BCUT2D eigenvalue weighted by Crippen LogP contribution is -2.32. The minimum atomic E-state index is -4.02. The summed E-state index contributed by atoms with van der Waals surface area (Å²) >= 11 is 1.42. The number of H-pyrrole nitrogens is 1. The van der Waals surface area contributed by atoms with Crippen LogP contribution < -0.4 is 15.0 Å². The maximum Gasteiger partial charge on any atom is 0.337 e. The number of nitrogens with zero attached hydrogens (tertiary/aromatic N) is 1. The number of fused-ring (bicyclic) bond motifs is 2. The smallest absolute Gasteiger partial charge is 0.337 e. The fourth-order valence-corrected chi connectivity index (χ4v) is 6.13. The van der Waals surface area contributed by atoms with Gasteiger partial charge in [-0.25, -0.2) is 13.2 Å². The first-order valence-corrected chi connectivity index (χ1v) is 13.3. The van der Waals surface area contributed by atoms with E-state index in [1.807, 2.05) is 17.5 Å². The average Bonchev–Trinajstić information content (AvgIpc) is 3.40. The molecule has 4 aromatic rings. The predicted molar refractivity (Wildman–Crippen MR) is 134 cm³/mol. The lowest BCUT2D eigenvalue weighted by Gasteiger charge is -2.22. The fraction of sp³-hybridized carbons (Fsp3) is 0.200. The highest BCUT2D eigenvalue weighted by molar-refractivity contribution is 7.89. The van der Waals surface area contributed by atoms with Crippen LogP contribution in [0.1, 0.15) is 20.8 Å². The number of carbonyl (C=O) groups excluding carboxylic acids is 1. The van der Waals surface area contributed by atoms with Gasteiger partial charge in [0.15, 0.2) is 11.5 Å². The van der Waals surface area contributed by atoms with E-state index >= 15 is 0 Å². The number of ether oxygens (including phenoxy) is 3. The quantitative estimate of drug-likeness (QED) is 0.366. The van der Waals surface area contributed by atoms with E-state index in [4.69, 9.17) is 9.47 Å². The first-order chi connectivity index (χ1) is 17.3. The van der Waals surface area contributed by atoms with Crippen LogP contribution in [0, 0.1) is 0 Å². The molecule has 0 fully saturated rings. The van der Waals surface area contributed by atoms with Crippen LogP contribution >= 0.6 is 11.3 Å². The molecular weight excluding hydrogens is 504 g/mol. The number of hydrogen-bond donors (Lipinski definition) is 1. The summed E-state index contributed by atoms with van der Waals surface area (Å²) in [4.78, 5) is 28.4. The Morgan fingerprint density at radius 1 is 1.06 bits per heavy atom. The van der Waals surface area contributed by atoms with Gasteiger partial charge in [0.2, 0.25) is 10.0 Å². The number of thiophene rings is 1. The maximum absolute atomic E-state index is 13.6. The van der Waals surface area contributed by atoms with Crippen LogP contribution in [0.15, 0.2) is 69.7 Å². The summed E-state index contributed by atoms with van der Waals surface area (Å²) in [7, 11) is -2.76. The van der Waals surface area contributed by atoms with E-state index in [1.54, 1.807) is 18.2 Å². The molecule has 2 aromatic carbocycles. The van der Waals surface area contributed by atoms with Gasteiger partial charge in [-0.1, -0.05) is 6.07 Å². The molecule has 1 aliphatic rings. The zero-order chi connectivity index (χ0) is 25.3. The lowest BCUT2D eigenvalue weighted by molar-refractivity contribution is 0.0600. The van der Waals surface area contributed by atoms with Crippen molar-refractivity contribution >= 4 is 38.2 Å². The van der Waals surface area contributed by atoms with E-state index in [0.717, 1.165) is 4.88 Å². The lowest BCUT2D eigenvalue weighted by atomic mass is 10.1. The van der Waals surface area contributed by atoms with Crippen LogP contribution in [-0.2, 0) is 27.8 Å². The van der Waals surface area contributed by atoms with E-state index in [-0.39, 0.29) is 29.1 Å². The number of nitrogens with one attached hydrogen (secondary N) is 1. The Labute approximate surface area is 210 Å². The van der Waals surface area contributed by atoms with Crippen LogP contribution in [0.4, 0.5) is 0 Å². The molecule has 0 amide bonds. The van der Waals surface area contributed by atoms with Gasteiger partial charge in [0.25, 0.3) is 5.56 Å². The van der Waals surface area contributed by atoms with E-state index in [2.05, 4.69) is 9.72 Å². The molecule has 186 valence electrons. The van der Waals surface area contributed by atoms with Crippen molar-refractivity contribution in [2.75, 3.05) is 20.3 Å². The van der Waals surface area contributed by atoms with Gasteiger partial charge < -0.3 is 19.2 Å². The molecule has 0 saturated carbocycles. The molecule has 5 rings (SSSR count). The molecule has 11 heteroatoms. The van der Waals surface area contributed by atoms with Gasteiger partial charge in [0.05, 0.1) is 23.1 Å². The molecule has 0 atom stereocenters. The van der Waals surface area contributed by atoms with Crippen molar-refractivity contribution in [1.82, 2.24) is 9.29 Å². The molecule has 3 heterocycles. The minimum absolute atomic E-state index is 0.00328. The summed E-state index contributed by atoms with van der Waals surface area (Å²) in [6, 6.07) is 14.3. The molecule has 0 aliphatic carbocycles. The Morgan fingerprint density at radius 2 is 1.78 bits per heavy atom. The summed E-state index contributed by atoms with van der Waals surface area (Å²) in [5, 5.41) is 2.56. The average molecular weight is 527 g/mol. The van der Waals surface area contributed by atoms with Crippen molar-refractivity contribution < 1.29 is 27.4 Å². The number of carbonyl (C=O) groups is 1. The summed E-state index contributed by atoms with van der Waals surface area (Å²) in [6.07, 6.45) is 0. The third-order valence-electron chi connectivity index (χ3n) is 5.76. The van der Waals surface area contributed by atoms with E-state index in [9.17, 15) is 18.0 Å². The molecule has 0 bridgehead atoms. The second kappa shape index (κ2) is 9.76. The monoisotopic (exact) mass is 526 g/mol. The standard InChI is InChI=1S/C25H22N2O7S2/c1-32-25(29)16-4-6-20(7-5-16)36(30,31)27(15-19-3-2-10-35-19)14-18-11-17-12-22-23(34-9-8-33-22)13-21(17)26-24(18)28/h2-7,10-13H,8-9,14-15H2,1H3,(H,26,28). The highest BCUT2D eigenvalue weighted by atomic mass is 32.2. The second-order valence-corrected chi connectivity index (χ2v) is 11.0. The number of hydrogen-bond acceptors (Lipinski definition) is 8. The fourth-order valence-electron chi connectivity index (χ4n) is 3.93. The summed E-state index contributed by atoms with van der Waals surface area (Å²) in [6.45, 7) is 0.781. The topological polar surface area (TPSA) is 115 Å². The summed E-state index contributed by atoms with van der Waals surface area (Å²) < 4.78 is 44.5. The molecule has 0 spiro atoms. The third kappa shape index (κ3) is 4.72. The summed E-state index contributed by atoms with van der Waals surface area (Å²) in [5.41, 5.74) is 0.693. The van der Waals surface area contributed by atoms with Gasteiger partial charge in [-0.3, -0.25) is 4.79 Å². The third-order valence-corrected chi connectivity index (χ3v) is 8.42. The number of aromatic nitrogens is 1. The van der Waals surface area contributed by atoms with E-state index in [1.165, 1.54) is 47.0 Å². The Bertz CT molecular complexity index is 1580. The Balaban J connectivity index is 1.52. The normalized spacial score (nSPS) is 13.2. The molecule has 1 aliphatic heterocycles. The highest BCUT2D eigenvalue weighted by Gasteiger charge is 2.27. The van der Waals surface area contributed by atoms with Crippen LogP contribution in [0.2, 0.25) is 0 Å². The molecule has 2 aromatic heterocycles. The number of methoxy groups -OCH3 is 1. The van der Waals surface area contributed by atoms with Crippen molar-refractivity contribution in [3.05, 3.63) is 86.3 Å². The SMILES string of the molecule is COC(=O)c1ccc(S(=O)(=O)N(Cc2cccs2)Cc2cc3cc4c(cc3[nH]c2=O)OCCO4)cc1. The number of esters is 1. The van der Waals surface area contributed by atoms with Crippen molar-refractivity contribution in [3.8, 4) is 11.5 Å². The highest BCUT2D eigenvalue weighted by Crippen LogP contribution is 2.34. The molecule has 0 saturated heterocycles. The van der Waals surface area contributed by atoms with Crippen molar-refractivity contribution in [3.63, 3.8) is 0 Å². The van der Waals surface area contributed by atoms with Crippen LogP contribution in [0.3, 0.4) is 0 Å². The van der Waals surface area contributed by atoms with E-state index < -0.39 is 21.6 Å². The van der Waals surface area contributed by atoms with Crippen LogP contribution in [-0.4, -0.2) is 44.0 Å². The zero-order valence-corrected chi connectivity index (χ0v) is 20.9.